The van der Waals surface area contributed by atoms with Crippen molar-refractivity contribution in [3.05, 3.63) is 41.1 Å². The van der Waals surface area contributed by atoms with Crippen LogP contribution < -0.4 is 5.32 Å². The number of likely N-dealkylation sites (N-methyl/N-ethyl adjacent to an activating group) is 1. The van der Waals surface area contributed by atoms with Crippen LogP contribution in [0.3, 0.4) is 0 Å². The number of furan rings is 1. The van der Waals surface area contributed by atoms with Gasteiger partial charge in [0.25, 0.3) is 0 Å². The van der Waals surface area contributed by atoms with E-state index in [1.54, 1.807) is 6.26 Å². The van der Waals surface area contributed by atoms with Crippen LogP contribution in [-0.2, 0) is 13.0 Å². The zero-order chi connectivity index (χ0) is 13.0. The van der Waals surface area contributed by atoms with Gasteiger partial charge in [-0.3, -0.25) is 4.68 Å². The first-order chi connectivity index (χ1) is 8.74. The minimum atomic E-state index is 0.163. The van der Waals surface area contributed by atoms with Gasteiger partial charge in [-0.2, -0.15) is 5.10 Å². The lowest BCUT2D eigenvalue weighted by molar-refractivity contribution is 0.526. The Balaban J connectivity index is 2.13. The highest BCUT2D eigenvalue weighted by Gasteiger charge is 2.17. The second-order valence-corrected chi connectivity index (χ2v) is 4.51. The van der Waals surface area contributed by atoms with E-state index in [2.05, 4.69) is 30.5 Å². The standard InChI is InChI=1S/C13H18ClN3O/c1-3-15-12(11-5-6-18-13(11)14)7-10-8-16-17(4-2)9-10/h5-6,8-9,12,15H,3-4,7H2,1-2H3. The molecule has 98 valence electrons. The maximum atomic E-state index is 6.04. The van der Waals surface area contributed by atoms with Crippen LogP contribution in [0.15, 0.2) is 29.1 Å². The molecule has 0 fully saturated rings. The Morgan fingerprint density at radius 1 is 1.50 bits per heavy atom. The number of halogens is 1. The van der Waals surface area contributed by atoms with E-state index < -0.39 is 0 Å². The van der Waals surface area contributed by atoms with Crippen LogP contribution in [0.4, 0.5) is 0 Å². The van der Waals surface area contributed by atoms with Crippen LogP contribution in [0.5, 0.6) is 0 Å². The monoisotopic (exact) mass is 267 g/mol. The average Bonchev–Trinajstić information content (AvgIpc) is 2.97. The van der Waals surface area contributed by atoms with Crippen molar-refractivity contribution in [3.63, 3.8) is 0 Å². The molecule has 0 bridgehead atoms. The summed E-state index contributed by atoms with van der Waals surface area (Å²) in [5.74, 6) is 0. The van der Waals surface area contributed by atoms with Crippen molar-refractivity contribution in [2.24, 2.45) is 0 Å². The summed E-state index contributed by atoms with van der Waals surface area (Å²) in [6.07, 6.45) is 6.45. The van der Waals surface area contributed by atoms with Gasteiger partial charge in [0, 0.05) is 24.3 Å². The van der Waals surface area contributed by atoms with E-state index in [1.165, 1.54) is 5.56 Å². The first-order valence-corrected chi connectivity index (χ1v) is 6.60. The molecule has 0 aliphatic heterocycles. The molecule has 0 aliphatic carbocycles. The molecule has 2 rings (SSSR count). The predicted octanol–water partition coefficient (Wildman–Crippen LogP) is 3.04. The van der Waals surface area contributed by atoms with Crippen molar-refractivity contribution in [1.82, 2.24) is 15.1 Å². The highest BCUT2D eigenvalue weighted by atomic mass is 35.5. The van der Waals surface area contributed by atoms with Gasteiger partial charge in [0.1, 0.15) is 0 Å². The van der Waals surface area contributed by atoms with E-state index in [-0.39, 0.29) is 6.04 Å². The highest BCUT2D eigenvalue weighted by Crippen LogP contribution is 2.26. The quantitative estimate of drug-likeness (QED) is 0.875. The number of hydrogen-bond acceptors (Lipinski definition) is 3. The highest BCUT2D eigenvalue weighted by molar-refractivity contribution is 6.29. The van der Waals surface area contributed by atoms with Crippen molar-refractivity contribution in [3.8, 4) is 0 Å². The van der Waals surface area contributed by atoms with E-state index in [1.807, 2.05) is 16.9 Å². The third-order valence-corrected chi connectivity index (χ3v) is 3.23. The Hall–Kier alpha value is -1.26. The molecule has 5 heteroatoms. The molecule has 0 amide bonds. The minimum absolute atomic E-state index is 0.163. The van der Waals surface area contributed by atoms with Crippen molar-refractivity contribution in [2.45, 2.75) is 32.9 Å². The fraction of sp³-hybridized carbons (Fsp3) is 0.462. The summed E-state index contributed by atoms with van der Waals surface area (Å²) in [7, 11) is 0. The first kappa shape index (κ1) is 13.2. The second kappa shape index (κ2) is 6.07. The fourth-order valence-corrected chi connectivity index (χ4v) is 2.26. The molecule has 0 aliphatic rings. The third kappa shape index (κ3) is 2.94. The summed E-state index contributed by atoms with van der Waals surface area (Å²) in [6, 6.07) is 2.08. The van der Waals surface area contributed by atoms with Gasteiger partial charge in [0.2, 0.25) is 0 Å². The smallest absolute Gasteiger partial charge is 0.197 e. The number of aromatic nitrogens is 2. The molecule has 1 unspecified atom stereocenters. The molecule has 0 saturated heterocycles. The SMILES string of the molecule is CCNC(Cc1cnn(CC)c1)c1ccoc1Cl. The number of nitrogens with one attached hydrogen (secondary N) is 1. The van der Waals surface area contributed by atoms with Crippen LogP contribution in [0, 0.1) is 0 Å². The molecular weight excluding hydrogens is 250 g/mol. The normalized spacial score (nSPS) is 12.8. The first-order valence-electron chi connectivity index (χ1n) is 6.22. The Kier molecular flexibility index (Phi) is 4.44. The summed E-state index contributed by atoms with van der Waals surface area (Å²) in [6.45, 7) is 5.92. The van der Waals surface area contributed by atoms with E-state index in [0.717, 1.165) is 25.1 Å². The summed E-state index contributed by atoms with van der Waals surface area (Å²) in [5, 5.41) is 8.17. The van der Waals surface area contributed by atoms with Crippen LogP contribution in [0.1, 0.15) is 31.0 Å². The van der Waals surface area contributed by atoms with Gasteiger partial charge < -0.3 is 9.73 Å². The Labute approximate surface area is 112 Å². The zero-order valence-electron chi connectivity index (χ0n) is 10.7. The lowest BCUT2D eigenvalue weighted by Crippen LogP contribution is -2.22. The molecule has 0 aromatic carbocycles. The summed E-state index contributed by atoms with van der Waals surface area (Å²) >= 11 is 6.04. The largest absolute Gasteiger partial charge is 0.453 e. The molecule has 0 spiro atoms. The van der Waals surface area contributed by atoms with Crippen molar-refractivity contribution >= 4 is 11.6 Å². The molecular formula is C13H18ClN3O. The van der Waals surface area contributed by atoms with Crippen LogP contribution in [0.25, 0.3) is 0 Å². The summed E-state index contributed by atoms with van der Waals surface area (Å²) in [5.41, 5.74) is 2.20. The van der Waals surface area contributed by atoms with Crippen LogP contribution in [0.2, 0.25) is 5.22 Å². The number of aryl methyl sites for hydroxylation is 1. The van der Waals surface area contributed by atoms with Crippen molar-refractivity contribution in [1.29, 1.82) is 0 Å². The lowest BCUT2D eigenvalue weighted by Gasteiger charge is -2.15. The maximum absolute atomic E-state index is 6.04. The number of hydrogen-bond donors (Lipinski definition) is 1. The molecule has 1 N–H and O–H groups in total. The van der Waals surface area contributed by atoms with Gasteiger partial charge >= 0.3 is 0 Å². The van der Waals surface area contributed by atoms with Gasteiger partial charge in [0.15, 0.2) is 5.22 Å². The molecule has 1 atom stereocenters. The molecule has 2 heterocycles. The van der Waals surface area contributed by atoms with Gasteiger partial charge in [-0.05, 0) is 43.1 Å². The molecule has 2 aromatic rings. The number of nitrogens with zero attached hydrogens (tertiary/aromatic N) is 2. The molecule has 0 saturated carbocycles. The maximum Gasteiger partial charge on any atom is 0.197 e. The number of rotatable bonds is 6. The summed E-state index contributed by atoms with van der Waals surface area (Å²) < 4.78 is 7.09. The zero-order valence-corrected chi connectivity index (χ0v) is 11.4. The van der Waals surface area contributed by atoms with E-state index in [9.17, 15) is 0 Å². The average molecular weight is 268 g/mol. The Morgan fingerprint density at radius 3 is 2.89 bits per heavy atom. The van der Waals surface area contributed by atoms with Crippen molar-refractivity contribution < 1.29 is 4.42 Å². The minimum Gasteiger partial charge on any atom is -0.453 e. The summed E-state index contributed by atoms with van der Waals surface area (Å²) in [4.78, 5) is 0. The Morgan fingerprint density at radius 2 is 2.33 bits per heavy atom. The van der Waals surface area contributed by atoms with Crippen LogP contribution in [-0.4, -0.2) is 16.3 Å². The Bertz CT molecular complexity index is 492. The van der Waals surface area contributed by atoms with E-state index in [4.69, 9.17) is 16.0 Å². The third-order valence-electron chi connectivity index (χ3n) is 2.92. The van der Waals surface area contributed by atoms with E-state index in [0.29, 0.717) is 5.22 Å². The van der Waals surface area contributed by atoms with E-state index >= 15 is 0 Å². The lowest BCUT2D eigenvalue weighted by atomic mass is 10.0. The molecule has 18 heavy (non-hydrogen) atoms. The van der Waals surface area contributed by atoms with Crippen LogP contribution >= 0.6 is 11.6 Å². The molecule has 4 nitrogen and oxygen atoms in total. The second-order valence-electron chi connectivity index (χ2n) is 4.17. The molecule has 0 radical (unpaired) electrons. The molecule has 2 aromatic heterocycles. The van der Waals surface area contributed by atoms with Gasteiger partial charge in [-0.15, -0.1) is 0 Å². The van der Waals surface area contributed by atoms with Crippen molar-refractivity contribution in [2.75, 3.05) is 6.54 Å². The van der Waals surface area contributed by atoms with Gasteiger partial charge in [-0.1, -0.05) is 6.92 Å². The fourth-order valence-electron chi connectivity index (χ4n) is 2.01. The van der Waals surface area contributed by atoms with Gasteiger partial charge in [-0.25, -0.2) is 0 Å². The topological polar surface area (TPSA) is 43.0 Å². The predicted molar refractivity (Wildman–Crippen MR) is 71.7 cm³/mol. The van der Waals surface area contributed by atoms with Gasteiger partial charge in [0.05, 0.1) is 12.5 Å².